The fraction of sp³-hybridized carbons (Fsp3) is 0.158. The quantitative estimate of drug-likeness (QED) is 0.289. The standard InChI is InChI=1S/C19H18N4O5/c1-28-15-9-11(8-14(24)18(15)26)10-20-23-17(25)7-6-16-21-13-5-3-2-4-12(13)19(27)22-16/h2-5,8-10,24,26H,6-7H2,1H3,(H,23,25)(H,21,22,27)/b20-10+. The summed E-state index contributed by atoms with van der Waals surface area (Å²) in [6, 6.07) is 9.69. The molecular formula is C19H18N4O5. The molecule has 0 saturated heterocycles. The van der Waals surface area contributed by atoms with Crippen LogP contribution in [0.25, 0.3) is 10.9 Å². The Bertz CT molecular complexity index is 1110. The van der Waals surface area contributed by atoms with Crippen molar-refractivity contribution >= 4 is 23.0 Å². The maximum atomic E-state index is 12.0. The van der Waals surface area contributed by atoms with E-state index < -0.39 is 0 Å². The number of carbonyl (C=O) groups excluding carboxylic acids is 1. The van der Waals surface area contributed by atoms with Crippen molar-refractivity contribution in [3.8, 4) is 17.2 Å². The van der Waals surface area contributed by atoms with Crippen LogP contribution in [0.3, 0.4) is 0 Å². The molecule has 0 atom stereocenters. The molecular weight excluding hydrogens is 364 g/mol. The van der Waals surface area contributed by atoms with Crippen LogP contribution >= 0.6 is 0 Å². The molecule has 0 aliphatic carbocycles. The van der Waals surface area contributed by atoms with Gasteiger partial charge in [0.1, 0.15) is 5.82 Å². The van der Waals surface area contributed by atoms with E-state index in [1.165, 1.54) is 25.5 Å². The highest BCUT2D eigenvalue weighted by Gasteiger charge is 2.09. The molecule has 0 bridgehead atoms. The summed E-state index contributed by atoms with van der Waals surface area (Å²) in [5.74, 6) is -0.615. The van der Waals surface area contributed by atoms with Crippen LogP contribution in [0.4, 0.5) is 0 Å². The average Bonchev–Trinajstić information content (AvgIpc) is 2.69. The highest BCUT2D eigenvalue weighted by Crippen LogP contribution is 2.35. The molecule has 0 aliphatic rings. The molecule has 9 heteroatoms. The first-order valence-electron chi connectivity index (χ1n) is 8.37. The number of H-pyrrole nitrogens is 1. The van der Waals surface area contributed by atoms with Crippen molar-refractivity contribution in [1.82, 2.24) is 15.4 Å². The number of amides is 1. The van der Waals surface area contributed by atoms with Crippen molar-refractivity contribution in [3.63, 3.8) is 0 Å². The Morgan fingerprint density at radius 1 is 1.32 bits per heavy atom. The molecule has 144 valence electrons. The average molecular weight is 382 g/mol. The summed E-state index contributed by atoms with van der Waals surface area (Å²) < 4.78 is 4.93. The Kier molecular flexibility index (Phi) is 5.54. The van der Waals surface area contributed by atoms with Crippen LogP contribution in [0.15, 0.2) is 46.3 Å². The Hall–Kier alpha value is -3.88. The molecule has 1 aromatic heterocycles. The third-order valence-corrected chi connectivity index (χ3v) is 3.95. The second-order valence-corrected chi connectivity index (χ2v) is 5.91. The van der Waals surface area contributed by atoms with E-state index in [9.17, 15) is 19.8 Å². The number of phenols is 2. The van der Waals surface area contributed by atoms with Crippen molar-refractivity contribution in [2.75, 3.05) is 7.11 Å². The van der Waals surface area contributed by atoms with Crippen LogP contribution in [0, 0.1) is 0 Å². The number of hydrogen-bond donors (Lipinski definition) is 4. The zero-order valence-electron chi connectivity index (χ0n) is 15.0. The van der Waals surface area contributed by atoms with Gasteiger partial charge in [-0.2, -0.15) is 5.10 Å². The van der Waals surface area contributed by atoms with Gasteiger partial charge in [0.15, 0.2) is 11.5 Å². The molecule has 1 heterocycles. The highest BCUT2D eigenvalue weighted by atomic mass is 16.5. The minimum atomic E-state index is -0.374. The number of nitrogens with zero attached hydrogens (tertiary/aromatic N) is 2. The number of aromatic hydroxyl groups is 2. The van der Waals surface area contributed by atoms with Gasteiger partial charge in [0.2, 0.25) is 11.7 Å². The van der Waals surface area contributed by atoms with Gasteiger partial charge in [-0.25, -0.2) is 10.4 Å². The smallest absolute Gasteiger partial charge is 0.258 e. The van der Waals surface area contributed by atoms with E-state index in [0.29, 0.717) is 22.3 Å². The monoisotopic (exact) mass is 382 g/mol. The predicted molar refractivity (Wildman–Crippen MR) is 103 cm³/mol. The normalized spacial score (nSPS) is 11.0. The third-order valence-electron chi connectivity index (χ3n) is 3.95. The molecule has 0 spiro atoms. The summed E-state index contributed by atoms with van der Waals surface area (Å²) in [7, 11) is 1.35. The number of hydrogen-bond acceptors (Lipinski definition) is 7. The number of para-hydroxylation sites is 1. The third kappa shape index (κ3) is 4.26. The Morgan fingerprint density at radius 3 is 2.89 bits per heavy atom. The summed E-state index contributed by atoms with van der Waals surface area (Å²) >= 11 is 0. The van der Waals surface area contributed by atoms with Gasteiger partial charge in [0.05, 0.1) is 24.2 Å². The van der Waals surface area contributed by atoms with Gasteiger partial charge in [-0.3, -0.25) is 9.59 Å². The summed E-state index contributed by atoms with van der Waals surface area (Å²) in [5, 5.41) is 23.5. The first-order chi connectivity index (χ1) is 13.5. The molecule has 3 aromatic rings. The zero-order chi connectivity index (χ0) is 20.1. The SMILES string of the molecule is COc1cc(/C=N/NC(=O)CCc2nc3ccccc3c(=O)[nH]2)cc(O)c1O. The number of nitrogens with one attached hydrogen (secondary N) is 2. The second kappa shape index (κ2) is 8.21. The lowest BCUT2D eigenvalue weighted by atomic mass is 10.2. The van der Waals surface area contributed by atoms with Gasteiger partial charge < -0.3 is 19.9 Å². The number of aromatic amines is 1. The number of rotatable bonds is 6. The Balaban J connectivity index is 1.60. The van der Waals surface area contributed by atoms with E-state index in [2.05, 4.69) is 20.5 Å². The van der Waals surface area contributed by atoms with Gasteiger partial charge in [-0.15, -0.1) is 0 Å². The molecule has 9 nitrogen and oxygen atoms in total. The van der Waals surface area contributed by atoms with Crippen LogP contribution in [0.5, 0.6) is 17.2 Å². The topological polar surface area (TPSA) is 137 Å². The van der Waals surface area contributed by atoms with E-state index in [-0.39, 0.29) is 41.6 Å². The zero-order valence-corrected chi connectivity index (χ0v) is 15.0. The molecule has 3 rings (SSSR count). The summed E-state index contributed by atoms with van der Waals surface area (Å²) in [6.07, 6.45) is 1.62. The number of aromatic nitrogens is 2. The fourth-order valence-corrected chi connectivity index (χ4v) is 2.56. The minimum absolute atomic E-state index is 0.0722. The molecule has 0 radical (unpaired) electrons. The van der Waals surface area contributed by atoms with Crippen molar-refractivity contribution in [2.24, 2.45) is 5.10 Å². The van der Waals surface area contributed by atoms with Crippen LogP contribution in [-0.4, -0.2) is 39.4 Å². The molecule has 2 aromatic carbocycles. The molecule has 0 aliphatic heterocycles. The second-order valence-electron chi connectivity index (χ2n) is 5.91. The van der Waals surface area contributed by atoms with Crippen molar-refractivity contribution < 1.29 is 19.7 Å². The number of phenolic OH excluding ortho intramolecular Hbond substituents is 2. The molecule has 0 unspecified atom stereocenters. The van der Waals surface area contributed by atoms with Crippen molar-refractivity contribution in [3.05, 3.63) is 58.1 Å². The summed E-state index contributed by atoms with van der Waals surface area (Å²) in [5.41, 5.74) is 3.09. The molecule has 0 fully saturated rings. The largest absolute Gasteiger partial charge is 0.504 e. The maximum Gasteiger partial charge on any atom is 0.258 e. The number of methoxy groups -OCH3 is 1. The molecule has 4 N–H and O–H groups in total. The van der Waals surface area contributed by atoms with E-state index in [1.807, 2.05) is 0 Å². The number of carbonyl (C=O) groups is 1. The van der Waals surface area contributed by atoms with Gasteiger partial charge >= 0.3 is 0 Å². The highest BCUT2D eigenvalue weighted by molar-refractivity contribution is 5.84. The number of fused-ring (bicyclic) bond motifs is 1. The van der Waals surface area contributed by atoms with Crippen LogP contribution in [0.1, 0.15) is 17.8 Å². The summed E-state index contributed by atoms with van der Waals surface area (Å²) in [4.78, 5) is 30.9. The Labute approximate surface area is 159 Å². The van der Waals surface area contributed by atoms with Gasteiger partial charge in [0.25, 0.3) is 5.56 Å². The first-order valence-corrected chi connectivity index (χ1v) is 8.37. The van der Waals surface area contributed by atoms with Crippen LogP contribution in [-0.2, 0) is 11.2 Å². The maximum absolute atomic E-state index is 12.0. The number of benzene rings is 2. The lowest BCUT2D eigenvalue weighted by Crippen LogP contribution is -2.19. The number of hydrazone groups is 1. The van der Waals surface area contributed by atoms with E-state index >= 15 is 0 Å². The van der Waals surface area contributed by atoms with Crippen molar-refractivity contribution in [2.45, 2.75) is 12.8 Å². The molecule has 28 heavy (non-hydrogen) atoms. The van der Waals surface area contributed by atoms with E-state index in [1.54, 1.807) is 24.3 Å². The van der Waals surface area contributed by atoms with Crippen LogP contribution < -0.4 is 15.7 Å². The van der Waals surface area contributed by atoms with Crippen molar-refractivity contribution in [1.29, 1.82) is 0 Å². The predicted octanol–water partition coefficient (Wildman–Crippen LogP) is 1.43. The van der Waals surface area contributed by atoms with Gasteiger partial charge in [-0.1, -0.05) is 12.1 Å². The van der Waals surface area contributed by atoms with Crippen LogP contribution in [0.2, 0.25) is 0 Å². The molecule has 0 saturated carbocycles. The molecule has 1 amide bonds. The van der Waals surface area contributed by atoms with E-state index in [4.69, 9.17) is 4.74 Å². The lowest BCUT2D eigenvalue weighted by molar-refractivity contribution is -0.121. The lowest BCUT2D eigenvalue weighted by Gasteiger charge is -2.06. The first kappa shape index (κ1) is 18.9. The fourth-order valence-electron chi connectivity index (χ4n) is 2.56. The van der Waals surface area contributed by atoms with Gasteiger partial charge in [0, 0.05) is 18.4 Å². The van der Waals surface area contributed by atoms with E-state index in [0.717, 1.165) is 0 Å². The van der Waals surface area contributed by atoms with Gasteiger partial charge in [-0.05, 0) is 24.3 Å². The summed E-state index contributed by atoms with van der Waals surface area (Å²) in [6.45, 7) is 0. The number of aryl methyl sites for hydroxylation is 1. The minimum Gasteiger partial charge on any atom is -0.504 e. The number of ether oxygens (including phenoxy) is 1. The Morgan fingerprint density at radius 2 is 2.11 bits per heavy atom.